The lowest BCUT2D eigenvalue weighted by Gasteiger charge is -2.29. The van der Waals surface area contributed by atoms with Gasteiger partial charge in [0.15, 0.2) is 6.10 Å². The van der Waals surface area contributed by atoms with Crippen LogP contribution in [0.3, 0.4) is 0 Å². The van der Waals surface area contributed by atoms with Crippen molar-refractivity contribution >= 4 is 17.4 Å². The predicted molar refractivity (Wildman–Crippen MR) is 93.4 cm³/mol. The number of aliphatic hydroxyl groups excluding tert-OH is 1. The van der Waals surface area contributed by atoms with Crippen molar-refractivity contribution in [2.45, 2.75) is 31.0 Å². The molecule has 2 N–H and O–H groups in total. The molecule has 6 nitrogen and oxygen atoms in total. The Hall–Kier alpha value is -1.51. The topological polar surface area (TPSA) is 69.2 Å². The van der Waals surface area contributed by atoms with E-state index in [1.54, 1.807) is 6.08 Å². The van der Waals surface area contributed by atoms with Crippen LogP contribution in [0.5, 0.6) is 0 Å². The largest absolute Gasteiger partial charge is 0.462 e. The van der Waals surface area contributed by atoms with E-state index >= 15 is 0 Å². The first kappa shape index (κ1) is 18.8. The molecule has 0 saturated carbocycles. The van der Waals surface area contributed by atoms with Gasteiger partial charge in [0.1, 0.15) is 19.0 Å². The van der Waals surface area contributed by atoms with Crippen LogP contribution < -0.4 is 5.32 Å². The Morgan fingerprint density at radius 3 is 2.83 bits per heavy atom. The van der Waals surface area contributed by atoms with Crippen molar-refractivity contribution in [3.63, 3.8) is 0 Å². The summed E-state index contributed by atoms with van der Waals surface area (Å²) in [7, 11) is 1.52. The second kappa shape index (κ2) is 9.71. The third kappa shape index (κ3) is 5.25. The minimum atomic E-state index is -0.904. The number of aliphatic hydroxyl groups is 1. The lowest BCUT2D eigenvalue weighted by atomic mass is 10.0. The highest BCUT2D eigenvalue weighted by atomic mass is 32.1. The lowest BCUT2D eigenvalue weighted by Crippen LogP contribution is -2.47. The molecule has 1 aliphatic rings. The second-order valence-corrected chi connectivity index (χ2v) is 5.75. The third-order valence-corrected chi connectivity index (χ3v) is 3.83. The number of hydrogen-bond acceptors (Lipinski definition) is 6. The van der Waals surface area contributed by atoms with E-state index in [0.717, 1.165) is 5.56 Å². The molecule has 1 heterocycles. The van der Waals surface area contributed by atoms with Crippen LogP contribution in [-0.2, 0) is 25.6 Å². The summed E-state index contributed by atoms with van der Waals surface area (Å²) in [6, 6.07) is 9.46. The highest BCUT2D eigenvalue weighted by molar-refractivity contribution is 7.80. The molecule has 1 aromatic rings. The first-order valence-electron chi connectivity index (χ1n) is 7.65. The molecule has 4 atom stereocenters. The van der Waals surface area contributed by atoms with Crippen molar-refractivity contribution in [2.24, 2.45) is 0 Å². The molecule has 1 aliphatic heterocycles. The van der Waals surface area contributed by atoms with Gasteiger partial charge in [0.25, 0.3) is 5.17 Å². The molecule has 24 heavy (non-hydrogen) atoms. The van der Waals surface area contributed by atoms with Gasteiger partial charge in [-0.1, -0.05) is 36.4 Å². The van der Waals surface area contributed by atoms with Gasteiger partial charge in [-0.25, -0.2) is 0 Å². The van der Waals surface area contributed by atoms with Crippen LogP contribution in [0, 0.1) is 0 Å². The fraction of sp³-hybridized carbons (Fsp3) is 0.471. The van der Waals surface area contributed by atoms with Crippen LogP contribution >= 0.6 is 12.2 Å². The summed E-state index contributed by atoms with van der Waals surface area (Å²) in [6.07, 6.45) is -0.345. The number of benzene rings is 1. The van der Waals surface area contributed by atoms with Crippen molar-refractivity contribution in [3.8, 4) is 0 Å². The van der Waals surface area contributed by atoms with E-state index in [1.165, 1.54) is 7.11 Å². The molecule has 0 bridgehead atoms. The van der Waals surface area contributed by atoms with Gasteiger partial charge in [0.05, 0.1) is 19.3 Å². The zero-order chi connectivity index (χ0) is 17.4. The lowest BCUT2D eigenvalue weighted by molar-refractivity contribution is -0.135. The van der Waals surface area contributed by atoms with Crippen LogP contribution in [0.25, 0.3) is 0 Å². The van der Waals surface area contributed by atoms with Crippen molar-refractivity contribution < 1.29 is 24.1 Å². The highest BCUT2D eigenvalue weighted by Gasteiger charge is 2.40. The smallest absolute Gasteiger partial charge is 0.257 e. The summed E-state index contributed by atoms with van der Waals surface area (Å²) < 4.78 is 21.6. The van der Waals surface area contributed by atoms with Crippen LogP contribution in [0.2, 0.25) is 0 Å². The minimum absolute atomic E-state index is 0.0593. The molecule has 1 saturated heterocycles. The van der Waals surface area contributed by atoms with E-state index < -0.39 is 18.3 Å². The first-order chi connectivity index (χ1) is 11.7. The number of methoxy groups -OCH3 is 1. The van der Waals surface area contributed by atoms with Crippen LogP contribution in [-0.4, -0.2) is 55.1 Å². The molecule has 1 fully saturated rings. The third-order valence-electron chi connectivity index (χ3n) is 3.61. The molecule has 7 heteroatoms. The molecule has 0 radical (unpaired) electrons. The second-order valence-electron chi connectivity index (χ2n) is 5.38. The predicted octanol–water partition coefficient (Wildman–Crippen LogP) is 1.38. The number of rotatable bonds is 10. The molecule has 2 rings (SSSR count). The Labute approximate surface area is 147 Å². The Morgan fingerprint density at radius 1 is 1.42 bits per heavy atom. The van der Waals surface area contributed by atoms with E-state index in [-0.39, 0.29) is 24.6 Å². The first-order valence-corrected chi connectivity index (χ1v) is 8.06. The fourth-order valence-corrected chi connectivity index (χ4v) is 2.70. The normalized spacial score (nSPS) is 22.5. The molecule has 132 valence electrons. The zero-order valence-corrected chi connectivity index (χ0v) is 14.4. The Balaban J connectivity index is 2.05. The number of thiocarbonyl (C=S) groups is 1. The molecule has 0 aliphatic carbocycles. The van der Waals surface area contributed by atoms with E-state index in [2.05, 4.69) is 11.9 Å². The van der Waals surface area contributed by atoms with Crippen molar-refractivity contribution in [1.29, 1.82) is 0 Å². The van der Waals surface area contributed by atoms with Gasteiger partial charge < -0.3 is 29.4 Å². The van der Waals surface area contributed by atoms with Gasteiger partial charge >= 0.3 is 0 Å². The van der Waals surface area contributed by atoms with Gasteiger partial charge in [-0.2, -0.15) is 0 Å². The van der Waals surface area contributed by atoms with E-state index in [0.29, 0.717) is 6.61 Å². The Kier molecular flexibility index (Phi) is 7.61. The SMILES string of the molecule is C=C[C@H]1NC(=S)O[C@H]1[C@H](OCc1ccccc1)[C@@H](O)COCOC. The maximum atomic E-state index is 10.5. The summed E-state index contributed by atoms with van der Waals surface area (Å²) in [4.78, 5) is 0. The molecular formula is C17H23NO5S. The zero-order valence-electron chi connectivity index (χ0n) is 13.6. The van der Waals surface area contributed by atoms with Crippen molar-refractivity contribution in [1.82, 2.24) is 5.32 Å². The molecule has 0 unspecified atom stereocenters. The molecule has 0 spiro atoms. The maximum absolute atomic E-state index is 10.5. The van der Waals surface area contributed by atoms with Gasteiger partial charge in [0, 0.05) is 7.11 Å². The maximum Gasteiger partial charge on any atom is 0.257 e. The quantitative estimate of drug-likeness (QED) is 0.285. The van der Waals surface area contributed by atoms with Gasteiger partial charge in [-0.15, -0.1) is 6.58 Å². The van der Waals surface area contributed by atoms with Gasteiger partial charge in [-0.3, -0.25) is 0 Å². The molecule has 0 aromatic heterocycles. The minimum Gasteiger partial charge on any atom is -0.462 e. The number of ether oxygens (including phenoxy) is 4. The number of nitrogens with one attached hydrogen (secondary N) is 1. The fourth-order valence-electron chi connectivity index (χ4n) is 2.45. The summed E-state index contributed by atoms with van der Waals surface area (Å²) in [5.41, 5.74) is 0.996. The van der Waals surface area contributed by atoms with Gasteiger partial charge in [-0.05, 0) is 17.8 Å². The average molecular weight is 353 g/mol. The summed E-state index contributed by atoms with van der Waals surface area (Å²) >= 11 is 5.06. The van der Waals surface area contributed by atoms with E-state index in [9.17, 15) is 5.11 Å². The average Bonchev–Trinajstić information content (AvgIpc) is 2.97. The van der Waals surface area contributed by atoms with E-state index in [4.69, 9.17) is 31.2 Å². The summed E-state index contributed by atoms with van der Waals surface area (Å²) in [5, 5.41) is 13.7. The summed E-state index contributed by atoms with van der Waals surface area (Å²) in [5.74, 6) is 0. The monoisotopic (exact) mass is 353 g/mol. The van der Waals surface area contributed by atoms with Crippen LogP contribution in [0.15, 0.2) is 43.0 Å². The van der Waals surface area contributed by atoms with E-state index in [1.807, 2.05) is 30.3 Å². The Morgan fingerprint density at radius 2 is 2.17 bits per heavy atom. The molecular weight excluding hydrogens is 330 g/mol. The molecule has 1 aromatic carbocycles. The number of hydrogen-bond donors (Lipinski definition) is 2. The molecule has 0 amide bonds. The van der Waals surface area contributed by atoms with Crippen molar-refractivity contribution in [2.75, 3.05) is 20.5 Å². The summed E-state index contributed by atoms with van der Waals surface area (Å²) in [6.45, 7) is 4.26. The van der Waals surface area contributed by atoms with Gasteiger partial charge in [0.2, 0.25) is 0 Å². The van der Waals surface area contributed by atoms with Crippen LogP contribution in [0.4, 0.5) is 0 Å². The van der Waals surface area contributed by atoms with Crippen LogP contribution in [0.1, 0.15) is 5.56 Å². The standard InChI is InChI=1S/C17H23NO5S/c1-3-13-15(23-17(24)18-13)16(14(19)10-21-11-20-2)22-9-12-7-5-4-6-8-12/h3-8,13-16,19H,1,9-11H2,2H3,(H,18,24)/t13-,14+,15-,16-/m1/s1. The van der Waals surface area contributed by atoms with Crippen molar-refractivity contribution in [3.05, 3.63) is 48.6 Å². The highest BCUT2D eigenvalue weighted by Crippen LogP contribution is 2.21. The Bertz CT molecular complexity index is 527.